The van der Waals surface area contributed by atoms with Crippen LogP contribution >= 0.6 is 11.6 Å². The third-order valence-corrected chi connectivity index (χ3v) is 5.76. The van der Waals surface area contributed by atoms with E-state index in [-0.39, 0.29) is 30.5 Å². The predicted molar refractivity (Wildman–Crippen MR) is 123 cm³/mol. The Kier molecular flexibility index (Phi) is 9.81. The third kappa shape index (κ3) is 7.80. The van der Waals surface area contributed by atoms with Crippen LogP contribution in [0.15, 0.2) is 39.8 Å². The number of anilines is 1. The van der Waals surface area contributed by atoms with Gasteiger partial charge >= 0.3 is 23.7 Å². The van der Waals surface area contributed by atoms with Crippen LogP contribution in [0.4, 0.5) is 5.69 Å². The molecule has 202 valence electrons. The molecular formula is C20H22ClN3O12S. The van der Waals surface area contributed by atoms with Crippen LogP contribution in [0, 0.1) is 10.1 Å². The van der Waals surface area contributed by atoms with Gasteiger partial charge in [0.25, 0.3) is 5.09 Å². The molecule has 0 amide bonds. The number of esters is 3. The maximum absolute atomic E-state index is 13.2. The normalized spacial score (nSPS) is 12.6. The average Bonchev–Trinajstić information content (AvgIpc) is 3.30. The van der Waals surface area contributed by atoms with E-state index in [2.05, 4.69) is 10.2 Å². The maximum Gasteiger partial charge on any atom is 0.379 e. The first-order chi connectivity index (χ1) is 17.3. The molecule has 1 atom stereocenters. The van der Waals surface area contributed by atoms with Gasteiger partial charge < -0.3 is 23.9 Å². The Morgan fingerprint density at radius 2 is 1.89 bits per heavy atom. The Labute approximate surface area is 214 Å². The molecule has 0 spiro atoms. The van der Waals surface area contributed by atoms with Crippen molar-refractivity contribution in [2.75, 3.05) is 18.5 Å². The topological polar surface area (TPSA) is 217 Å². The smallest absolute Gasteiger partial charge is 0.379 e. The number of carbonyl (C=O) groups excluding carboxylic acids is 3. The molecule has 37 heavy (non-hydrogen) atoms. The fraction of sp³-hybridized carbons (Fsp3) is 0.350. The largest absolute Gasteiger partial charge is 0.467 e. The Morgan fingerprint density at radius 1 is 1.22 bits per heavy atom. The fourth-order valence-electron chi connectivity index (χ4n) is 2.89. The van der Waals surface area contributed by atoms with Crippen LogP contribution in [0.25, 0.3) is 0 Å². The number of nitrogens with zero attached hydrogens (tertiary/aromatic N) is 1. The van der Waals surface area contributed by atoms with E-state index in [1.807, 2.05) is 0 Å². The third-order valence-electron chi connectivity index (χ3n) is 4.38. The van der Waals surface area contributed by atoms with Gasteiger partial charge in [0, 0.05) is 0 Å². The molecule has 0 radical (unpaired) electrons. The summed E-state index contributed by atoms with van der Waals surface area (Å²) in [7, 11) is -4.47. The number of hydrogen-bond acceptors (Lipinski definition) is 13. The number of sulfonamides is 1. The lowest BCUT2D eigenvalue weighted by Crippen LogP contribution is -2.50. The van der Waals surface area contributed by atoms with Gasteiger partial charge in [0.2, 0.25) is 10.0 Å². The molecule has 0 saturated heterocycles. The van der Waals surface area contributed by atoms with Crippen molar-refractivity contribution in [1.82, 2.24) is 0 Å². The van der Waals surface area contributed by atoms with Crippen molar-refractivity contribution in [3.63, 3.8) is 0 Å². The number of rotatable bonds is 13. The highest BCUT2D eigenvalue weighted by Crippen LogP contribution is 2.32. The zero-order chi connectivity index (χ0) is 27.8. The molecule has 15 nitrogen and oxygen atoms in total. The van der Waals surface area contributed by atoms with E-state index in [0.29, 0.717) is 5.76 Å². The molecule has 0 fully saturated rings. The molecule has 17 heteroatoms. The summed E-state index contributed by atoms with van der Waals surface area (Å²) < 4.78 is 43.6. The first-order valence-corrected chi connectivity index (χ1v) is 12.3. The van der Waals surface area contributed by atoms with E-state index >= 15 is 0 Å². The highest BCUT2D eigenvalue weighted by Gasteiger charge is 2.51. The molecule has 0 aliphatic carbocycles. The molecule has 3 N–H and O–H groups in total. The van der Waals surface area contributed by atoms with Crippen LogP contribution < -0.4 is 10.5 Å². The van der Waals surface area contributed by atoms with Crippen molar-refractivity contribution in [2.24, 2.45) is 5.14 Å². The second-order valence-electron chi connectivity index (χ2n) is 6.97. The molecule has 1 heterocycles. The number of nitrogens with two attached hydrogens (primary N) is 1. The van der Waals surface area contributed by atoms with Gasteiger partial charge in [-0.05, 0) is 38.1 Å². The van der Waals surface area contributed by atoms with Gasteiger partial charge in [-0.25, -0.2) is 23.1 Å². The van der Waals surface area contributed by atoms with Gasteiger partial charge in [-0.1, -0.05) is 11.6 Å². The summed E-state index contributed by atoms with van der Waals surface area (Å²) in [6.07, 6.45) is 0.110. The Balaban J connectivity index is 2.60. The van der Waals surface area contributed by atoms with Crippen LogP contribution in [-0.4, -0.2) is 50.4 Å². The van der Waals surface area contributed by atoms with Crippen molar-refractivity contribution in [1.29, 1.82) is 0 Å². The van der Waals surface area contributed by atoms with Gasteiger partial charge in [-0.15, -0.1) is 10.1 Å². The second-order valence-corrected chi connectivity index (χ2v) is 8.90. The van der Waals surface area contributed by atoms with Gasteiger partial charge in [-0.2, -0.15) is 0 Å². The van der Waals surface area contributed by atoms with E-state index in [1.54, 1.807) is 12.1 Å². The minimum atomic E-state index is -4.47. The number of hydrogen-bond donors (Lipinski definition) is 2. The van der Waals surface area contributed by atoms with Crippen molar-refractivity contribution >= 4 is 45.2 Å². The van der Waals surface area contributed by atoms with Crippen LogP contribution in [0.2, 0.25) is 5.02 Å². The monoisotopic (exact) mass is 563 g/mol. The summed E-state index contributed by atoms with van der Waals surface area (Å²) >= 11 is 6.02. The number of halogens is 1. The molecule has 0 saturated carbocycles. The standard InChI is InChI=1S/C20H22ClN3O12S/c1-3-32-17(25)10-20(36-24(28)29,19(27)33-4-2)35-18(26)13-8-16(37(22,30)31)14(21)9-15(13)23-11-12-6-5-7-34-12/h5-9,23H,3-4,10-11H2,1-2H3,(H2,22,30,31). The van der Waals surface area contributed by atoms with Crippen molar-refractivity contribution in [3.05, 3.63) is 57.0 Å². The minimum absolute atomic E-state index is 0.0322. The molecule has 0 aliphatic rings. The maximum atomic E-state index is 13.2. The molecule has 1 unspecified atom stereocenters. The summed E-state index contributed by atoms with van der Waals surface area (Å²) in [5.41, 5.74) is -0.738. The number of ether oxygens (including phenoxy) is 3. The number of nitrogens with one attached hydrogen (secondary N) is 1. The number of carbonyl (C=O) groups is 3. The van der Waals surface area contributed by atoms with E-state index in [0.717, 1.165) is 12.1 Å². The SMILES string of the molecule is CCOC(=O)CC(OC(=O)c1cc(S(N)(=O)=O)c(Cl)cc1NCc1ccco1)(O[N+](=O)[O-])C(=O)OCC. The minimum Gasteiger partial charge on any atom is -0.467 e. The van der Waals surface area contributed by atoms with Gasteiger partial charge in [0.15, 0.2) is 0 Å². The predicted octanol–water partition coefficient (Wildman–Crippen LogP) is 1.77. The summed E-state index contributed by atoms with van der Waals surface area (Å²) in [5, 5.41) is 17.3. The molecule has 0 bridgehead atoms. The lowest BCUT2D eigenvalue weighted by atomic mass is 10.1. The number of primary sulfonamides is 1. The zero-order valence-corrected chi connectivity index (χ0v) is 21.0. The molecule has 2 aromatic rings. The summed E-state index contributed by atoms with van der Waals surface area (Å²) in [5.74, 6) is -7.18. The first-order valence-electron chi connectivity index (χ1n) is 10.3. The lowest BCUT2D eigenvalue weighted by Gasteiger charge is -2.28. The van der Waals surface area contributed by atoms with Crippen LogP contribution in [0.1, 0.15) is 36.4 Å². The Morgan fingerprint density at radius 3 is 2.43 bits per heavy atom. The summed E-state index contributed by atoms with van der Waals surface area (Å²) in [4.78, 5) is 52.9. The van der Waals surface area contributed by atoms with Gasteiger partial charge in [-0.3, -0.25) is 9.63 Å². The lowest BCUT2D eigenvalue weighted by molar-refractivity contribution is -0.788. The quantitative estimate of drug-likeness (QED) is 0.117. The number of benzene rings is 1. The highest BCUT2D eigenvalue weighted by atomic mass is 35.5. The summed E-state index contributed by atoms with van der Waals surface area (Å²) in [6, 6.07) is 4.91. The first kappa shape index (κ1) is 29.3. The van der Waals surface area contributed by atoms with E-state index in [1.165, 1.54) is 20.1 Å². The Hall–Kier alpha value is -3.89. The van der Waals surface area contributed by atoms with Crippen molar-refractivity contribution < 1.29 is 51.4 Å². The molecule has 1 aromatic heterocycles. The molecule has 1 aromatic carbocycles. The van der Waals surface area contributed by atoms with E-state index in [4.69, 9.17) is 35.4 Å². The summed E-state index contributed by atoms with van der Waals surface area (Å²) in [6.45, 7) is 2.21. The number of furan rings is 1. The van der Waals surface area contributed by atoms with Crippen molar-refractivity contribution in [3.8, 4) is 0 Å². The van der Waals surface area contributed by atoms with Crippen LogP contribution in [-0.2, 0) is 45.2 Å². The fourth-order valence-corrected chi connectivity index (χ4v) is 3.99. The molecule has 0 aliphatic heterocycles. The zero-order valence-electron chi connectivity index (χ0n) is 19.4. The van der Waals surface area contributed by atoms with E-state index in [9.17, 15) is 32.9 Å². The second kappa shape index (κ2) is 12.4. The molecule has 2 rings (SSSR count). The highest BCUT2D eigenvalue weighted by molar-refractivity contribution is 7.89. The van der Waals surface area contributed by atoms with E-state index < -0.39 is 55.7 Å². The van der Waals surface area contributed by atoms with Crippen LogP contribution in [0.3, 0.4) is 0 Å². The van der Waals surface area contributed by atoms with Gasteiger partial charge in [0.05, 0.1) is 42.3 Å². The molecular weight excluding hydrogens is 542 g/mol. The average molecular weight is 564 g/mol. The Bertz CT molecular complexity index is 1270. The van der Waals surface area contributed by atoms with Crippen molar-refractivity contribution in [2.45, 2.75) is 37.5 Å². The van der Waals surface area contributed by atoms with Gasteiger partial charge in [0.1, 0.15) is 17.1 Å². The van der Waals surface area contributed by atoms with Crippen LogP contribution in [0.5, 0.6) is 0 Å².